The summed E-state index contributed by atoms with van der Waals surface area (Å²) in [6.07, 6.45) is 3.29. The van der Waals surface area contributed by atoms with Crippen LogP contribution in [0.2, 0.25) is 0 Å². The summed E-state index contributed by atoms with van der Waals surface area (Å²) in [7, 11) is 0. The van der Waals surface area contributed by atoms with Crippen molar-refractivity contribution in [3.63, 3.8) is 0 Å². The number of likely N-dealkylation sites (tertiary alicyclic amines) is 1. The molecule has 0 spiro atoms. The summed E-state index contributed by atoms with van der Waals surface area (Å²) < 4.78 is 0. The highest BCUT2D eigenvalue weighted by molar-refractivity contribution is 5.85. The Kier molecular flexibility index (Phi) is 4.98. The van der Waals surface area contributed by atoms with Crippen LogP contribution in [0.4, 0.5) is 4.79 Å². The number of nitrogens with zero attached hydrogens (tertiary/aromatic N) is 1. The van der Waals surface area contributed by atoms with Gasteiger partial charge < -0.3 is 4.90 Å². The quantitative estimate of drug-likeness (QED) is 0.432. The van der Waals surface area contributed by atoms with Crippen molar-refractivity contribution < 1.29 is 10.0 Å². The summed E-state index contributed by atoms with van der Waals surface area (Å²) in [4.78, 5) is 12.3. The Morgan fingerprint density at radius 1 is 1.27 bits per heavy atom. The summed E-state index contributed by atoms with van der Waals surface area (Å²) in [5, 5.41) is 8.25. The highest BCUT2D eigenvalue weighted by atomic mass is 35.5. The van der Waals surface area contributed by atoms with Gasteiger partial charge in [0, 0.05) is 13.1 Å². The highest BCUT2D eigenvalue weighted by Gasteiger charge is 2.14. The molecule has 0 saturated carbocycles. The van der Waals surface area contributed by atoms with Gasteiger partial charge in [0.15, 0.2) is 0 Å². The fraction of sp³-hybridized carbons (Fsp3) is 0.833. The molecule has 1 fully saturated rings. The van der Waals surface area contributed by atoms with Crippen molar-refractivity contribution in [3.05, 3.63) is 0 Å². The third-order valence-electron chi connectivity index (χ3n) is 1.74. The first-order chi connectivity index (χ1) is 4.84. The van der Waals surface area contributed by atoms with Gasteiger partial charge in [0.25, 0.3) is 0 Å². The lowest BCUT2D eigenvalue weighted by molar-refractivity contribution is 0.123. The van der Waals surface area contributed by atoms with Gasteiger partial charge in [-0.15, -0.1) is 12.4 Å². The SMILES string of the molecule is Cl.O=C(NO)N1CCCCC1. The molecule has 1 aliphatic rings. The monoisotopic (exact) mass is 180 g/mol. The Hall–Kier alpha value is -0.480. The number of rotatable bonds is 0. The van der Waals surface area contributed by atoms with Gasteiger partial charge in [-0.3, -0.25) is 5.21 Å². The molecule has 2 N–H and O–H groups in total. The van der Waals surface area contributed by atoms with Crippen LogP contribution in [0.1, 0.15) is 19.3 Å². The van der Waals surface area contributed by atoms with E-state index >= 15 is 0 Å². The number of carbonyl (C=O) groups is 1. The molecule has 0 radical (unpaired) electrons. The van der Waals surface area contributed by atoms with Gasteiger partial charge in [-0.05, 0) is 19.3 Å². The van der Waals surface area contributed by atoms with E-state index in [4.69, 9.17) is 5.21 Å². The van der Waals surface area contributed by atoms with Gasteiger partial charge in [-0.25, -0.2) is 10.3 Å². The number of piperidine rings is 1. The molecule has 11 heavy (non-hydrogen) atoms. The van der Waals surface area contributed by atoms with Crippen LogP contribution in [-0.2, 0) is 0 Å². The summed E-state index contributed by atoms with van der Waals surface area (Å²) in [5.74, 6) is 0. The molecule has 2 amide bonds. The van der Waals surface area contributed by atoms with Crippen molar-refractivity contribution >= 4 is 18.4 Å². The molecule has 66 valence electrons. The van der Waals surface area contributed by atoms with Crippen LogP contribution >= 0.6 is 12.4 Å². The molecule has 0 bridgehead atoms. The van der Waals surface area contributed by atoms with E-state index in [0.717, 1.165) is 25.9 Å². The zero-order valence-corrected chi connectivity index (χ0v) is 7.06. The fourth-order valence-electron chi connectivity index (χ4n) is 1.17. The third-order valence-corrected chi connectivity index (χ3v) is 1.74. The first kappa shape index (κ1) is 10.5. The van der Waals surface area contributed by atoms with E-state index in [9.17, 15) is 4.79 Å². The maximum absolute atomic E-state index is 10.7. The summed E-state index contributed by atoms with van der Waals surface area (Å²) in [6, 6.07) is -0.375. The molecule has 4 nitrogen and oxygen atoms in total. The molecular weight excluding hydrogens is 168 g/mol. The largest absolute Gasteiger partial charge is 0.341 e. The number of hydroxylamine groups is 1. The van der Waals surface area contributed by atoms with E-state index in [-0.39, 0.29) is 18.4 Å². The van der Waals surface area contributed by atoms with Gasteiger partial charge >= 0.3 is 6.03 Å². The minimum absolute atomic E-state index is 0. The van der Waals surface area contributed by atoms with Crippen LogP contribution in [0.5, 0.6) is 0 Å². The summed E-state index contributed by atoms with van der Waals surface area (Å²) in [5.41, 5.74) is 1.62. The third kappa shape index (κ3) is 2.95. The molecule has 5 heteroatoms. The molecule has 0 aromatic rings. The number of nitrogens with one attached hydrogen (secondary N) is 1. The minimum atomic E-state index is -0.375. The number of halogens is 1. The van der Waals surface area contributed by atoms with Gasteiger partial charge in [0.05, 0.1) is 0 Å². The second-order valence-corrected chi connectivity index (χ2v) is 2.46. The molecular formula is C6H13ClN2O2. The van der Waals surface area contributed by atoms with E-state index in [0.29, 0.717) is 0 Å². The molecule has 0 aromatic heterocycles. The first-order valence-electron chi connectivity index (χ1n) is 3.53. The maximum Gasteiger partial charge on any atom is 0.341 e. The van der Waals surface area contributed by atoms with Crippen LogP contribution in [0.25, 0.3) is 0 Å². The Morgan fingerprint density at radius 3 is 2.27 bits per heavy atom. The van der Waals surface area contributed by atoms with E-state index < -0.39 is 0 Å². The van der Waals surface area contributed by atoms with Crippen molar-refractivity contribution in [2.75, 3.05) is 13.1 Å². The number of amides is 2. The van der Waals surface area contributed by atoms with Crippen LogP contribution in [0.15, 0.2) is 0 Å². The van der Waals surface area contributed by atoms with Crippen LogP contribution in [0.3, 0.4) is 0 Å². The first-order valence-corrected chi connectivity index (χ1v) is 3.53. The molecule has 1 aliphatic heterocycles. The van der Waals surface area contributed by atoms with Crippen LogP contribution in [-0.4, -0.2) is 29.2 Å². The average Bonchev–Trinajstić information content (AvgIpc) is 2.05. The number of hydrogen-bond donors (Lipinski definition) is 2. The summed E-state index contributed by atoms with van der Waals surface area (Å²) in [6.45, 7) is 1.54. The number of urea groups is 1. The second kappa shape index (κ2) is 5.21. The molecule has 0 atom stereocenters. The maximum atomic E-state index is 10.7. The molecule has 0 unspecified atom stereocenters. The Morgan fingerprint density at radius 2 is 1.82 bits per heavy atom. The van der Waals surface area contributed by atoms with Gasteiger partial charge in [0.2, 0.25) is 0 Å². The summed E-state index contributed by atoms with van der Waals surface area (Å²) >= 11 is 0. The second-order valence-electron chi connectivity index (χ2n) is 2.46. The van der Waals surface area contributed by atoms with Crippen molar-refractivity contribution in [2.24, 2.45) is 0 Å². The molecule has 0 aliphatic carbocycles. The normalized spacial score (nSPS) is 17.0. The smallest absolute Gasteiger partial charge is 0.323 e. The lowest BCUT2D eigenvalue weighted by Crippen LogP contribution is -2.41. The fourth-order valence-corrected chi connectivity index (χ4v) is 1.17. The highest BCUT2D eigenvalue weighted by Crippen LogP contribution is 2.07. The zero-order valence-electron chi connectivity index (χ0n) is 6.25. The van der Waals surface area contributed by atoms with Gasteiger partial charge in [-0.1, -0.05) is 0 Å². The standard InChI is InChI=1S/C6H12N2O2.ClH/c9-6(7-10)8-4-2-1-3-5-8;/h10H,1-5H2,(H,7,9);1H. The Balaban J connectivity index is 0.000001000. The lowest BCUT2D eigenvalue weighted by atomic mass is 10.1. The lowest BCUT2D eigenvalue weighted by Gasteiger charge is -2.25. The molecule has 1 rings (SSSR count). The zero-order chi connectivity index (χ0) is 7.40. The average molecular weight is 181 g/mol. The Bertz CT molecular complexity index is 126. The van der Waals surface area contributed by atoms with E-state index in [1.165, 1.54) is 6.42 Å². The number of hydrogen-bond acceptors (Lipinski definition) is 2. The van der Waals surface area contributed by atoms with E-state index in [1.54, 1.807) is 10.4 Å². The van der Waals surface area contributed by atoms with Crippen LogP contribution < -0.4 is 5.48 Å². The molecule has 1 saturated heterocycles. The minimum Gasteiger partial charge on any atom is -0.323 e. The van der Waals surface area contributed by atoms with Crippen molar-refractivity contribution in [3.8, 4) is 0 Å². The van der Waals surface area contributed by atoms with Gasteiger partial charge in [-0.2, -0.15) is 0 Å². The van der Waals surface area contributed by atoms with Crippen molar-refractivity contribution in [1.29, 1.82) is 0 Å². The van der Waals surface area contributed by atoms with E-state index in [2.05, 4.69) is 0 Å². The number of carbonyl (C=O) groups excluding carboxylic acids is 1. The predicted octanol–water partition coefficient (Wildman–Crippen LogP) is 0.993. The van der Waals surface area contributed by atoms with E-state index in [1.807, 2.05) is 0 Å². The topological polar surface area (TPSA) is 52.6 Å². The van der Waals surface area contributed by atoms with Crippen LogP contribution in [0, 0.1) is 0 Å². The van der Waals surface area contributed by atoms with Crippen molar-refractivity contribution in [2.45, 2.75) is 19.3 Å². The molecule has 1 heterocycles. The predicted molar refractivity (Wildman–Crippen MR) is 43.0 cm³/mol. The Labute approximate surface area is 71.9 Å². The van der Waals surface area contributed by atoms with Gasteiger partial charge in [0.1, 0.15) is 0 Å². The van der Waals surface area contributed by atoms with Crippen molar-refractivity contribution in [1.82, 2.24) is 10.4 Å². The molecule has 0 aromatic carbocycles.